The Bertz CT molecular complexity index is 643. The van der Waals surface area contributed by atoms with Gasteiger partial charge in [-0.1, -0.05) is 6.92 Å². The maximum absolute atomic E-state index is 13.3. The molecule has 0 bridgehead atoms. The van der Waals surface area contributed by atoms with E-state index < -0.39 is 10.0 Å². The molecule has 138 valence electrons. The van der Waals surface area contributed by atoms with Gasteiger partial charge < -0.3 is 10.1 Å². The molecular weight excluding hydrogens is 348 g/mol. The van der Waals surface area contributed by atoms with Crippen molar-refractivity contribution in [3.63, 3.8) is 0 Å². The third-order valence-electron chi connectivity index (χ3n) is 4.44. The fourth-order valence-electron chi connectivity index (χ4n) is 3.20. The Kier molecular flexibility index (Phi) is 7.99. The van der Waals surface area contributed by atoms with Gasteiger partial charge in [0.25, 0.3) is 0 Å². The lowest BCUT2D eigenvalue weighted by molar-refractivity contribution is 0.262. The van der Waals surface area contributed by atoms with Crippen molar-refractivity contribution in [2.45, 2.75) is 51.0 Å². The normalized spacial score (nSPS) is 16.0. The lowest BCUT2D eigenvalue weighted by Gasteiger charge is -2.34. The summed E-state index contributed by atoms with van der Waals surface area (Å²) in [5.74, 6) is 0.727. The summed E-state index contributed by atoms with van der Waals surface area (Å²) in [6.07, 6.45) is 2.55. The Morgan fingerprint density at radius 2 is 1.83 bits per heavy atom. The van der Waals surface area contributed by atoms with Crippen LogP contribution in [0.1, 0.15) is 37.3 Å². The van der Waals surface area contributed by atoms with Crippen LogP contribution in [0.15, 0.2) is 17.0 Å². The average Bonchev–Trinajstić information content (AvgIpc) is 2.54. The van der Waals surface area contributed by atoms with Crippen molar-refractivity contribution in [3.05, 3.63) is 23.3 Å². The summed E-state index contributed by atoms with van der Waals surface area (Å²) in [4.78, 5) is 0.405. The topological polar surface area (TPSA) is 58.6 Å². The summed E-state index contributed by atoms with van der Waals surface area (Å²) in [5.41, 5.74) is 1.58. The number of sulfonamides is 1. The first-order chi connectivity index (χ1) is 10.9. The van der Waals surface area contributed by atoms with E-state index in [-0.39, 0.29) is 18.4 Å². The van der Waals surface area contributed by atoms with Crippen LogP contribution in [0.2, 0.25) is 0 Å². The van der Waals surface area contributed by atoms with Crippen LogP contribution >= 0.6 is 12.4 Å². The predicted octanol–water partition coefficient (Wildman–Crippen LogP) is 2.89. The minimum absolute atomic E-state index is 0. The molecule has 1 N–H and O–H groups in total. The molecule has 0 aliphatic carbocycles. The second kappa shape index (κ2) is 9.04. The molecule has 1 heterocycles. The van der Waals surface area contributed by atoms with Crippen LogP contribution in [-0.4, -0.2) is 45.5 Å². The zero-order chi connectivity index (χ0) is 17.0. The van der Waals surface area contributed by atoms with Crippen molar-refractivity contribution < 1.29 is 13.2 Å². The van der Waals surface area contributed by atoms with E-state index in [0.29, 0.717) is 11.4 Å². The molecule has 1 aromatic carbocycles. The molecule has 0 radical (unpaired) electrons. The lowest BCUT2D eigenvalue weighted by Crippen LogP contribution is -2.46. The number of hydrogen-bond acceptors (Lipinski definition) is 4. The smallest absolute Gasteiger partial charge is 0.243 e. The Morgan fingerprint density at radius 3 is 2.38 bits per heavy atom. The second-order valence-electron chi connectivity index (χ2n) is 6.18. The number of halogens is 1. The molecule has 0 amide bonds. The van der Waals surface area contributed by atoms with Gasteiger partial charge in [-0.15, -0.1) is 12.4 Å². The van der Waals surface area contributed by atoms with E-state index in [0.717, 1.165) is 49.2 Å². The van der Waals surface area contributed by atoms with Crippen molar-refractivity contribution >= 4 is 22.4 Å². The van der Waals surface area contributed by atoms with Crippen LogP contribution in [0.4, 0.5) is 0 Å². The summed E-state index contributed by atoms with van der Waals surface area (Å²) < 4.78 is 33.5. The van der Waals surface area contributed by atoms with E-state index in [1.54, 1.807) is 17.5 Å². The first-order valence-corrected chi connectivity index (χ1v) is 9.73. The minimum atomic E-state index is -3.49. The number of hydrogen-bond donors (Lipinski definition) is 1. The Labute approximate surface area is 152 Å². The number of piperidine rings is 1. The zero-order valence-corrected chi connectivity index (χ0v) is 16.6. The van der Waals surface area contributed by atoms with Crippen molar-refractivity contribution in [3.8, 4) is 5.75 Å². The molecule has 7 heteroatoms. The SMILES string of the molecule is CCCN(C1CCNCC1)S(=O)(=O)c1cc(C)c(OC)cc1C.Cl. The quantitative estimate of drug-likeness (QED) is 0.829. The van der Waals surface area contributed by atoms with Crippen molar-refractivity contribution in [1.29, 1.82) is 0 Å². The molecule has 0 saturated carbocycles. The molecule has 1 aliphatic rings. The summed E-state index contributed by atoms with van der Waals surface area (Å²) in [6.45, 7) is 8.06. The van der Waals surface area contributed by atoms with Gasteiger partial charge in [0.2, 0.25) is 10.0 Å². The first-order valence-electron chi connectivity index (χ1n) is 8.29. The summed E-state index contributed by atoms with van der Waals surface area (Å²) in [6, 6.07) is 3.64. The summed E-state index contributed by atoms with van der Waals surface area (Å²) >= 11 is 0. The van der Waals surface area contributed by atoms with Crippen molar-refractivity contribution in [1.82, 2.24) is 9.62 Å². The standard InChI is InChI=1S/C17H28N2O3S.ClH/c1-5-10-19(15-6-8-18-9-7-15)23(20,21)17-12-13(2)16(22-4)11-14(17)3;/h11-12,15,18H,5-10H2,1-4H3;1H. The van der Waals surface area contributed by atoms with Gasteiger partial charge in [-0.3, -0.25) is 0 Å². The van der Waals surface area contributed by atoms with E-state index >= 15 is 0 Å². The molecule has 1 fully saturated rings. The maximum atomic E-state index is 13.3. The van der Waals surface area contributed by atoms with Gasteiger partial charge in [0, 0.05) is 12.6 Å². The van der Waals surface area contributed by atoms with Crippen LogP contribution in [0, 0.1) is 13.8 Å². The van der Waals surface area contributed by atoms with Crippen LogP contribution in [0.25, 0.3) is 0 Å². The lowest BCUT2D eigenvalue weighted by atomic mass is 10.1. The Balaban J connectivity index is 0.00000288. The number of nitrogens with zero attached hydrogens (tertiary/aromatic N) is 1. The number of methoxy groups -OCH3 is 1. The van der Waals surface area contributed by atoms with Gasteiger partial charge in [0.15, 0.2) is 0 Å². The molecule has 1 aromatic rings. The molecule has 0 aromatic heterocycles. The molecule has 0 unspecified atom stereocenters. The van der Waals surface area contributed by atoms with Gasteiger partial charge in [0.05, 0.1) is 12.0 Å². The molecule has 5 nitrogen and oxygen atoms in total. The summed E-state index contributed by atoms with van der Waals surface area (Å²) in [7, 11) is -1.89. The second-order valence-corrected chi connectivity index (χ2v) is 8.04. The number of benzene rings is 1. The van der Waals surface area contributed by atoms with Gasteiger partial charge in [-0.2, -0.15) is 4.31 Å². The van der Waals surface area contributed by atoms with Gasteiger partial charge in [0.1, 0.15) is 5.75 Å². The Morgan fingerprint density at radius 1 is 1.21 bits per heavy atom. The number of ether oxygens (including phenoxy) is 1. The predicted molar refractivity (Wildman–Crippen MR) is 99.8 cm³/mol. The largest absolute Gasteiger partial charge is 0.496 e. The van der Waals surface area contributed by atoms with Gasteiger partial charge in [-0.25, -0.2) is 8.42 Å². The van der Waals surface area contributed by atoms with E-state index in [4.69, 9.17) is 4.74 Å². The van der Waals surface area contributed by atoms with E-state index in [9.17, 15) is 8.42 Å². The van der Waals surface area contributed by atoms with Gasteiger partial charge in [-0.05, 0) is 69.5 Å². The average molecular weight is 377 g/mol. The molecule has 0 spiro atoms. The van der Waals surface area contributed by atoms with Crippen LogP contribution in [0.3, 0.4) is 0 Å². The Hall–Kier alpha value is -0.820. The highest BCUT2D eigenvalue weighted by Gasteiger charge is 2.32. The third kappa shape index (κ3) is 4.42. The highest BCUT2D eigenvalue weighted by Crippen LogP contribution is 2.30. The first kappa shape index (κ1) is 21.2. The number of rotatable bonds is 6. The molecule has 1 saturated heterocycles. The van der Waals surface area contributed by atoms with Crippen LogP contribution in [-0.2, 0) is 10.0 Å². The van der Waals surface area contributed by atoms with Crippen molar-refractivity contribution in [2.75, 3.05) is 26.7 Å². The number of nitrogens with one attached hydrogen (secondary N) is 1. The maximum Gasteiger partial charge on any atom is 0.243 e. The molecular formula is C17H29ClN2O3S. The minimum Gasteiger partial charge on any atom is -0.496 e. The molecule has 1 aliphatic heterocycles. The monoisotopic (exact) mass is 376 g/mol. The van der Waals surface area contributed by atoms with E-state index in [2.05, 4.69) is 5.32 Å². The fourth-order valence-corrected chi connectivity index (χ4v) is 5.27. The fraction of sp³-hybridized carbons (Fsp3) is 0.647. The summed E-state index contributed by atoms with van der Waals surface area (Å²) in [5, 5.41) is 3.30. The highest BCUT2D eigenvalue weighted by atomic mass is 35.5. The molecule has 2 rings (SSSR count). The van der Waals surface area contributed by atoms with E-state index in [1.807, 2.05) is 26.8 Å². The van der Waals surface area contributed by atoms with Crippen LogP contribution in [0.5, 0.6) is 5.75 Å². The van der Waals surface area contributed by atoms with E-state index in [1.165, 1.54) is 0 Å². The van der Waals surface area contributed by atoms with Gasteiger partial charge >= 0.3 is 0 Å². The van der Waals surface area contributed by atoms with Crippen LogP contribution < -0.4 is 10.1 Å². The third-order valence-corrected chi connectivity index (χ3v) is 6.53. The zero-order valence-electron chi connectivity index (χ0n) is 15.0. The molecule has 0 atom stereocenters. The van der Waals surface area contributed by atoms with Crippen molar-refractivity contribution in [2.24, 2.45) is 0 Å². The number of aryl methyl sites for hydroxylation is 2. The molecule has 24 heavy (non-hydrogen) atoms. The highest BCUT2D eigenvalue weighted by molar-refractivity contribution is 7.89.